The van der Waals surface area contributed by atoms with Crippen LogP contribution in [0.1, 0.15) is 46.5 Å². The second-order valence-electron chi connectivity index (χ2n) is 4.72. The van der Waals surface area contributed by atoms with E-state index >= 15 is 0 Å². The molecule has 0 saturated heterocycles. The summed E-state index contributed by atoms with van der Waals surface area (Å²) in [5.74, 6) is 2.33. The fraction of sp³-hybridized carbons (Fsp3) is 1.00. The van der Waals surface area contributed by atoms with Gasteiger partial charge >= 0.3 is 0 Å². The minimum Gasteiger partial charge on any atom is -0.122 e. The van der Waals surface area contributed by atoms with E-state index in [0.717, 1.165) is 11.8 Å². The number of alkyl halides is 1. The van der Waals surface area contributed by atoms with E-state index in [-0.39, 0.29) is 0 Å². The summed E-state index contributed by atoms with van der Waals surface area (Å²) < 4.78 is 0. The minimum atomic E-state index is 0.410. The van der Waals surface area contributed by atoms with Crippen molar-refractivity contribution < 1.29 is 0 Å². The van der Waals surface area contributed by atoms with E-state index in [2.05, 4.69) is 20.8 Å². The Bertz CT molecular complexity index is 131. The second-order valence-corrected chi connectivity index (χ2v) is 5.22. The largest absolute Gasteiger partial charge is 0.122 e. The highest BCUT2D eigenvalue weighted by Crippen LogP contribution is 2.35. The topological polar surface area (TPSA) is 0 Å². The molecule has 0 bridgehead atoms. The van der Waals surface area contributed by atoms with Gasteiger partial charge in [0.05, 0.1) is 0 Å². The molecular weight excluding hydrogens is 168 g/mol. The highest BCUT2D eigenvalue weighted by atomic mass is 35.5. The molecule has 1 aliphatic rings. The molecule has 0 aliphatic heterocycles. The van der Waals surface area contributed by atoms with Gasteiger partial charge in [0.25, 0.3) is 0 Å². The molecule has 1 saturated carbocycles. The Labute approximate surface area is 81.7 Å². The van der Waals surface area contributed by atoms with Gasteiger partial charge in [-0.15, -0.1) is 11.6 Å². The highest BCUT2D eigenvalue weighted by molar-refractivity contribution is 6.20. The van der Waals surface area contributed by atoms with Crippen molar-refractivity contribution in [2.75, 3.05) is 0 Å². The van der Waals surface area contributed by atoms with Gasteiger partial charge in [0, 0.05) is 5.38 Å². The highest BCUT2D eigenvalue weighted by Gasteiger charge is 2.26. The Morgan fingerprint density at radius 3 is 2.42 bits per heavy atom. The van der Waals surface area contributed by atoms with Crippen LogP contribution in [0.5, 0.6) is 0 Å². The fourth-order valence-electron chi connectivity index (χ4n) is 2.31. The third kappa shape index (κ3) is 2.65. The lowest BCUT2D eigenvalue weighted by Crippen LogP contribution is -2.25. The molecule has 0 nitrogen and oxygen atoms in total. The van der Waals surface area contributed by atoms with E-state index in [1.165, 1.54) is 25.7 Å². The number of halogens is 1. The van der Waals surface area contributed by atoms with Crippen LogP contribution in [-0.2, 0) is 0 Å². The van der Waals surface area contributed by atoms with Crippen LogP contribution >= 0.6 is 11.6 Å². The van der Waals surface area contributed by atoms with Gasteiger partial charge in [0.2, 0.25) is 0 Å². The van der Waals surface area contributed by atoms with Gasteiger partial charge in [-0.05, 0) is 30.6 Å². The molecule has 0 aromatic carbocycles. The number of rotatable bonds is 2. The summed E-state index contributed by atoms with van der Waals surface area (Å²) >= 11 is 6.36. The first-order valence-electron chi connectivity index (χ1n) is 5.25. The molecule has 0 aromatic heterocycles. The lowest BCUT2D eigenvalue weighted by molar-refractivity contribution is 0.253. The van der Waals surface area contributed by atoms with Crippen LogP contribution in [0, 0.1) is 17.8 Å². The molecule has 3 atom stereocenters. The quantitative estimate of drug-likeness (QED) is 0.573. The summed E-state index contributed by atoms with van der Waals surface area (Å²) in [7, 11) is 0. The van der Waals surface area contributed by atoms with Crippen LogP contribution in [0.25, 0.3) is 0 Å². The smallest absolute Gasteiger partial charge is 0.0387 e. The van der Waals surface area contributed by atoms with Crippen LogP contribution in [0.2, 0.25) is 0 Å². The summed E-state index contributed by atoms with van der Waals surface area (Å²) in [6, 6.07) is 0. The van der Waals surface area contributed by atoms with Crippen LogP contribution < -0.4 is 0 Å². The van der Waals surface area contributed by atoms with Crippen molar-refractivity contribution in [3.8, 4) is 0 Å². The first-order valence-corrected chi connectivity index (χ1v) is 5.69. The van der Waals surface area contributed by atoms with E-state index < -0.39 is 0 Å². The monoisotopic (exact) mass is 188 g/mol. The molecule has 0 radical (unpaired) electrons. The van der Waals surface area contributed by atoms with Gasteiger partial charge in [-0.25, -0.2) is 0 Å². The Morgan fingerprint density at radius 1 is 1.25 bits per heavy atom. The summed E-state index contributed by atoms with van der Waals surface area (Å²) in [6.07, 6.45) is 5.52. The average Bonchev–Trinajstić information content (AvgIpc) is 2.03. The summed E-state index contributed by atoms with van der Waals surface area (Å²) in [4.78, 5) is 0. The van der Waals surface area contributed by atoms with Crippen molar-refractivity contribution in [2.45, 2.75) is 51.8 Å². The van der Waals surface area contributed by atoms with Crippen molar-refractivity contribution >= 4 is 11.6 Å². The Kier molecular flexibility index (Phi) is 3.89. The van der Waals surface area contributed by atoms with Crippen molar-refractivity contribution in [3.05, 3.63) is 0 Å². The van der Waals surface area contributed by atoms with Crippen LogP contribution in [0.15, 0.2) is 0 Å². The zero-order valence-corrected chi connectivity index (χ0v) is 9.27. The minimum absolute atomic E-state index is 0.410. The average molecular weight is 189 g/mol. The zero-order chi connectivity index (χ0) is 9.14. The standard InChI is InChI=1S/C11H21Cl/c1-8(2)11(12)10-6-4-5-9(3)7-10/h8-11H,4-7H2,1-3H3. The molecule has 0 aromatic rings. The Morgan fingerprint density at radius 2 is 1.92 bits per heavy atom. The summed E-state index contributed by atoms with van der Waals surface area (Å²) in [5.41, 5.74) is 0. The summed E-state index contributed by atoms with van der Waals surface area (Å²) in [6.45, 7) is 6.82. The molecule has 72 valence electrons. The fourth-order valence-corrected chi connectivity index (χ4v) is 2.54. The molecule has 0 amide bonds. The maximum atomic E-state index is 6.36. The maximum Gasteiger partial charge on any atom is 0.0387 e. The van der Waals surface area contributed by atoms with Crippen LogP contribution in [0.4, 0.5) is 0 Å². The first-order chi connectivity index (χ1) is 5.61. The van der Waals surface area contributed by atoms with Crippen molar-refractivity contribution in [1.29, 1.82) is 0 Å². The molecule has 3 unspecified atom stereocenters. The van der Waals surface area contributed by atoms with E-state index in [9.17, 15) is 0 Å². The van der Waals surface area contributed by atoms with Gasteiger partial charge in [-0.1, -0.05) is 33.6 Å². The Hall–Kier alpha value is 0.290. The molecule has 0 N–H and O–H groups in total. The van der Waals surface area contributed by atoms with Gasteiger partial charge in [-0.2, -0.15) is 0 Å². The normalized spacial score (nSPS) is 33.8. The third-order valence-corrected chi connectivity index (χ3v) is 3.92. The SMILES string of the molecule is CC1CCCC(C(Cl)C(C)C)C1. The van der Waals surface area contributed by atoms with E-state index in [1.807, 2.05) is 0 Å². The third-order valence-electron chi connectivity index (χ3n) is 3.06. The first kappa shape index (κ1) is 10.4. The second kappa shape index (κ2) is 4.50. The maximum absolute atomic E-state index is 6.36. The van der Waals surface area contributed by atoms with Crippen LogP contribution in [-0.4, -0.2) is 5.38 Å². The lowest BCUT2D eigenvalue weighted by atomic mass is 9.78. The predicted molar refractivity (Wildman–Crippen MR) is 55.6 cm³/mol. The van der Waals surface area contributed by atoms with Crippen molar-refractivity contribution in [3.63, 3.8) is 0 Å². The number of hydrogen-bond donors (Lipinski definition) is 0. The Balaban J connectivity index is 2.40. The summed E-state index contributed by atoms with van der Waals surface area (Å²) in [5, 5.41) is 0.410. The van der Waals surface area contributed by atoms with E-state index in [4.69, 9.17) is 11.6 Å². The van der Waals surface area contributed by atoms with Crippen molar-refractivity contribution in [2.24, 2.45) is 17.8 Å². The van der Waals surface area contributed by atoms with Gasteiger partial charge in [0.1, 0.15) is 0 Å². The molecule has 1 rings (SSSR count). The van der Waals surface area contributed by atoms with Gasteiger partial charge in [0.15, 0.2) is 0 Å². The molecular formula is C11H21Cl. The molecule has 1 heteroatoms. The molecule has 0 heterocycles. The van der Waals surface area contributed by atoms with Gasteiger partial charge < -0.3 is 0 Å². The van der Waals surface area contributed by atoms with E-state index in [0.29, 0.717) is 11.3 Å². The van der Waals surface area contributed by atoms with Crippen molar-refractivity contribution in [1.82, 2.24) is 0 Å². The lowest BCUT2D eigenvalue weighted by Gasteiger charge is -2.31. The predicted octanol–water partition coefficient (Wildman–Crippen LogP) is 4.08. The molecule has 1 fully saturated rings. The van der Waals surface area contributed by atoms with Gasteiger partial charge in [-0.3, -0.25) is 0 Å². The molecule has 0 spiro atoms. The zero-order valence-electron chi connectivity index (χ0n) is 8.52. The van der Waals surface area contributed by atoms with Crippen LogP contribution in [0.3, 0.4) is 0 Å². The van der Waals surface area contributed by atoms with E-state index in [1.54, 1.807) is 0 Å². The molecule has 12 heavy (non-hydrogen) atoms. The number of hydrogen-bond acceptors (Lipinski definition) is 0. The molecule has 1 aliphatic carbocycles.